The average molecular weight is 364 g/mol. The summed E-state index contributed by atoms with van der Waals surface area (Å²) in [7, 11) is 0. The van der Waals surface area contributed by atoms with Crippen molar-refractivity contribution < 1.29 is 14.3 Å². The molecule has 1 aromatic heterocycles. The predicted molar refractivity (Wildman–Crippen MR) is 98.4 cm³/mol. The van der Waals surface area contributed by atoms with E-state index in [2.05, 4.69) is 14.9 Å². The van der Waals surface area contributed by atoms with E-state index < -0.39 is 5.97 Å². The van der Waals surface area contributed by atoms with Crippen molar-refractivity contribution in [2.45, 2.75) is 13.8 Å². The highest BCUT2D eigenvalue weighted by atomic mass is 35.5. The first kappa shape index (κ1) is 19.1. The molecule has 6 nitrogen and oxygen atoms in total. The van der Waals surface area contributed by atoms with Gasteiger partial charge in [-0.1, -0.05) is 23.8 Å². The summed E-state index contributed by atoms with van der Waals surface area (Å²) in [6, 6.07) is 8.00. The van der Waals surface area contributed by atoms with Gasteiger partial charge in [0.25, 0.3) is 0 Å². The Morgan fingerprint density at radius 1 is 1.32 bits per heavy atom. The van der Waals surface area contributed by atoms with E-state index in [0.717, 1.165) is 11.1 Å². The van der Waals surface area contributed by atoms with Crippen LogP contribution in [0.3, 0.4) is 0 Å². The highest BCUT2D eigenvalue weighted by molar-refractivity contribution is 5.94. The van der Waals surface area contributed by atoms with E-state index >= 15 is 0 Å². The van der Waals surface area contributed by atoms with Crippen molar-refractivity contribution in [3.63, 3.8) is 0 Å². The van der Waals surface area contributed by atoms with Crippen molar-refractivity contribution in [3.8, 4) is 11.4 Å². The Morgan fingerprint density at radius 3 is 2.76 bits per heavy atom. The lowest BCUT2D eigenvalue weighted by molar-refractivity contribution is 0.0525. The number of rotatable bonds is 4. The Kier molecular flexibility index (Phi) is 6.73. The van der Waals surface area contributed by atoms with E-state index in [9.17, 15) is 4.79 Å². The van der Waals surface area contributed by atoms with Crippen LogP contribution in [-0.4, -0.2) is 48.8 Å². The lowest BCUT2D eigenvalue weighted by atomic mass is 10.1. The Balaban J connectivity index is 0.00000225. The molecule has 1 aromatic carbocycles. The van der Waals surface area contributed by atoms with Crippen molar-refractivity contribution in [1.29, 1.82) is 0 Å². The highest BCUT2D eigenvalue weighted by Gasteiger charge is 2.22. The van der Waals surface area contributed by atoms with Gasteiger partial charge in [-0.15, -0.1) is 12.4 Å². The number of carbonyl (C=O) groups is 1. The maximum Gasteiger partial charge on any atom is 0.343 e. The van der Waals surface area contributed by atoms with Crippen LogP contribution in [0.2, 0.25) is 0 Å². The highest BCUT2D eigenvalue weighted by Crippen LogP contribution is 2.24. The monoisotopic (exact) mass is 363 g/mol. The number of ether oxygens (including phenoxy) is 2. The van der Waals surface area contributed by atoms with Crippen LogP contribution in [0.5, 0.6) is 0 Å². The molecule has 1 aliphatic heterocycles. The summed E-state index contributed by atoms with van der Waals surface area (Å²) in [5, 5.41) is 0. The molecule has 1 fully saturated rings. The number of carbonyl (C=O) groups excluding carboxylic acids is 1. The number of anilines is 1. The number of esters is 1. The minimum absolute atomic E-state index is 0. The van der Waals surface area contributed by atoms with Crippen molar-refractivity contribution >= 4 is 24.2 Å². The molecule has 7 heteroatoms. The molecule has 0 amide bonds. The minimum atomic E-state index is -0.394. The van der Waals surface area contributed by atoms with Gasteiger partial charge < -0.3 is 14.4 Å². The van der Waals surface area contributed by atoms with Crippen LogP contribution in [0.15, 0.2) is 30.5 Å². The molecule has 1 saturated heterocycles. The zero-order valence-electron chi connectivity index (χ0n) is 14.4. The number of morpholine rings is 1. The molecule has 1 aliphatic rings. The van der Waals surface area contributed by atoms with Gasteiger partial charge in [0.05, 0.1) is 19.8 Å². The maximum absolute atomic E-state index is 12.2. The van der Waals surface area contributed by atoms with E-state index in [4.69, 9.17) is 9.47 Å². The second-order valence-corrected chi connectivity index (χ2v) is 5.62. The quantitative estimate of drug-likeness (QED) is 0.778. The van der Waals surface area contributed by atoms with Gasteiger partial charge in [0.2, 0.25) is 0 Å². The van der Waals surface area contributed by atoms with Crippen molar-refractivity contribution in [1.82, 2.24) is 9.97 Å². The molecule has 0 saturated carbocycles. The van der Waals surface area contributed by atoms with Crippen LogP contribution in [-0.2, 0) is 9.47 Å². The SMILES string of the molecule is CCOC(=O)c1cnc(-c2cccc(C)c2)nc1N1CCOCC1.Cl. The number of nitrogens with zero attached hydrogens (tertiary/aromatic N) is 3. The fraction of sp³-hybridized carbons (Fsp3) is 0.389. The number of benzene rings is 1. The molecular formula is C18H22ClN3O3. The van der Waals surface area contributed by atoms with Crippen molar-refractivity contribution in [2.75, 3.05) is 37.8 Å². The molecule has 0 N–H and O–H groups in total. The Hall–Kier alpha value is -2.18. The molecule has 0 unspecified atom stereocenters. The fourth-order valence-corrected chi connectivity index (χ4v) is 2.67. The molecule has 0 aliphatic carbocycles. The van der Waals surface area contributed by atoms with Crippen LogP contribution in [0, 0.1) is 6.92 Å². The van der Waals surface area contributed by atoms with Gasteiger partial charge in [-0.05, 0) is 19.9 Å². The largest absolute Gasteiger partial charge is 0.462 e. The topological polar surface area (TPSA) is 64.5 Å². The van der Waals surface area contributed by atoms with Gasteiger partial charge in [-0.25, -0.2) is 14.8 Å². The third-order valence-electron chi connectivity index (χ3n) is 3.85. The second kappa shape index (κ2) is 8.78. The molecule has 0 atom stereocenters. The number of halogens is 1. The molecule has 25 heavy (non-hydrogen) atoms. The van der Waals surface area contributed by atoms with Crippen LogP contribution < -0.4 is 4.90 Å². The Morgan fingerprint density at radius 2 is 2.08 bits per heavy atom. The molecule has 0 radical (unpaired) electrons. The summed E-state index contributed by atoms with van der Waals surface area (Å²) in [5.74, 6) is 0.825. The number of hydrogen-bond donors (Lipinski definition) is 0. The summed E-state index contributed by atoms with van der Waals surface area (Å²) in [6.07, 6.45) is 1.56. The third-order valence-corrected chi connectivity index (χ3v) is 3.85. The molecule has 2 aromatic rings. The molecule has 2 heterocycles. The van der Waals surface area contributed by atoms with E-state index in [1.807, 2.05) is 31.2 Å². The molecule has 134 valence electrons. The number of aromatic nitrogens is 2. The van der Waals surface area contributed by atoms with E-state index in [0.29, 0.717) is 50.1 Å². The predicted octanol–water partition coefficient (Wildman–Crippen LogP) is 2.89. The molecular weight excluding hydrogens is 342 g/mol. The lowest BCUT2D eigenvalue weighted by Crippen LogP contribution is -2.38. The minimum Gasteiger partial charge on any atom is -0.462 e. The van der Waals surface area contributed by atoms with Crippen LogP contribution in [0.25, 0.3) is 11.4 Å². The summed E-state index contributed by atoms with van der Waals surface area (Å²) in [6.45, 7) is 6.75. The number of hydrogen-bond acceptors (Lipinski definition) is 6. The van der Waals surface area contributed by atoms with Crippen LogP contribution >= 0.6 is 12.4 Å². The first-order chi connectivity index (χ1) is 11.7. The molecule has 3 rings (SSSR count). The van der Waals surface area contributed by atoms with E-state index in [-0.39, 0.29) is 12.4 Å². The van der Waals surface area contributed by atoms with E-state index in [1.54, 1.807) is 13.1 Å². The van der Waals surface area contributed by atoms with Gasteiger partial charge in [-0.2, -0.15) is 0 Å². The Bertz CT molecular complexity index is 733. The molecule has 0 bridgehead atoms. The first-order valence-electron chi connectivity index (χ1n) is 8.13. The van der Waals surface area contributed by atoms with Gasteiger partial charge in [-0.3, -0.25) is 0 Å². The zero-order valence-corrected chi connectivity index (χ0v) is 15.2. The van der Waals surface area contributed by atoms with Gasteiger partial charge in [0.1, 0.15) is 11.4 Å². The van der Waals surface area contributed by atoms with Crippen LogP contribution in [0.1, 0.15) is 22.8 Å². The van der Waals surface area contributed by atoms with Crippen molar-refractivity contribution in [3.05, 3.63) is 41.6 Å². The average Bonchev–Trinajstić information content (AvgIpc) is 2.62. The standard InChI is InChI=1S/C18H21N3O3.ClH/c1-3-24-18(22)15-12-19-16(14-6-4-5-13(2)11-14)20-17(15)21-7-9-23-10-8-21;/h4-6,11-12H,3,7-10H2,1-2H3;1H. The smallest absolute Gasteiger partial charge is 0.343 e. The summed E-state index contributed by atoms with van der Waals surface area (Å²) >= 11 is 0. The first-order valence-corrected chi connectivity index (χ1v) is 8.13. The lowest BCUT2D eigenvalue weighted by Gasteiger charge is -2.29. The fourth-order valence-electron chi connectivity index (χ4n) is 2.67. The van der Waals surface area contributed by atoms with Gasteiger partial charge >= 0.3 is 5.97 Å². The number of aryl methyl sites for hydroxylation is 1. The summed E-state index contributed by atoms with van der Waals surface area (Å²) in [5.41, 5.74) is 2.47. The third kappa shape index (κ3) is 4.46. The second-order valence-electron chi connectivity index (χ2n) is 5.62. The summed E-state index contributed by atoms with van der Waals surface area (Å²) < 4.78 is 10.5. The maximum atomic E-state index is 12.2. The van der Waals surface area contributed by atoms with Crippen molar-refractivity contribution in [2.24, 2.45) is 0 Å². The van der Waals surface area contributed by atoms with E-state index in [1.165, 1.54) is 0 Å². The summed E-state index contributed by atoms with van der Waals surface area (Å²) in [4.78, 5) is 23.4. The zero-order chi connectivity index (χ0) is 16.9. The van der Waals surface area contributed by atoms with Gasteiger partial charge in [0, 0.05) is 24.8 Å². The Labute approximate surface area is 153 Å². The van der Waals surface area contributed by atoms with Crippen LogP contribution in [0.4, 0.5) is 5.82 Å². The normalized spacial score (nSPS) is 13.9. The van der Waals surface area contributed by atoms with Gasteiger partial charge in [0.15, 0.2) is 5.82 Å². The molecule has 0 spiro atoms.